The Kier molecular flexibility index (Phi) is 10.3. The van der Waals surface area contributed by atoms with Gasteiger partial charge in [-0.25, -0.2) is 0 Å². The number of rotatable bonds is 11. The molecule has 0 fully saturated rings. The molecular formula is C11H24O8. The van der Waals surface area contributed by atoms with Crippen molar-refractivity contribution >= 4 is 0 Å². The lowest BCUT2D eigenvalue weighted by Gasteiger charge is -2.31. The Morgan fingerprint density at radius 1 is 1.00 bits per heavy atom. The van der Waals surface area contributed by atoms with Crippen LogP contribution in [0.4, 0.5) is 0 Å². The third kappa shape index (κ3) is 6.59. The molecule has 116 valence electrons. The van der Waals surface area contributed by atoms with Crippen LogP contribution in [0.15, 0.2) is 0 Å². The maximum Gasteiger partial charge on any atom is 0.186 e. The molecule has 0 amide bonds. The number of hydrogen-bond acceptors (Lipinski definition) is 8. The molecule has 1 unspecified atom stereocenters. The van der Waals surface area contributed by atoms with E-state index in [1.165, 1.54) is 7.11 Å². The van der Waals surface area contributed by atoms with E-state index in [0.29, 0.717) is 0 Å². The first-order valence-corrected chi connectivity index (χ1v) is 6.00. The highest BCUT2D eigenvalue weighted by molar-refractivity contribution is 4.76. The molecule has 0 aliphatic heterocycles. The highest BCUT2D eigenvalue weighted by Gasteiger charge is 2.30. The van der Waals surface area contributed by atoms with Crippen LogP contribution in [-0.2, 0) is 14.2 Å². The van der Waals surface area contributed by atoms with Crippen LogP contribution in [0.5, 0.6) is 0 Å². The molecule has 0 aliphatic carbocycles. The minimum absolute atomic E-state index is 0.0748. The minimum atomic E-state index is -1.29. The average molecular weight is 284 g/mol. The Bertz CT molecular complexity index is 215. The van der Waals surface area contributed by atoms with Crippen molar-refractivity contribution in [2.45, 2.75) is 37.6 Å². The lowest BCUT2D eigenvalue weighted by Crippen LogP contribution is -2.46. The lowest BCUT2D eigenvalue weighted by atomic mass is 10.1. The summed E-state index contributed by atoms with van der Waals surface area (Å²) < 4.78 is 15.4. The quantitative estimate of drug-likeness (QED) is 0.262. The summed E-state index contributed by atoms with van der Waals surface area (Å²) in [5.41, 5.74) is 0. The predicted octanol–water partition coefficient (Wildman–Crippen LogP) is -2.55. The van der Waals surface area contributed by atoms with Crippen molar-refractivity contribution in [1.29, 1.82) is 0 Å². The summed E-state index contributed by atoms with van der Waals surface area (Å²) in [7, 11) is 1.34. The molecule has 0 aliphatic rings. The molecule has 0 aromatic rings. The molecule has 5 N–H and O–H groups in total. The van der Waals surface area contributed by atoms with Gasteiger partial charge in [-0.15, -0.1) is 0 Å². The second-order valence-electron chi connectivity index (χ2n) is 4.00. The second-order valence-corrected chi connectivity index (χ2v) is 4.00. The van der Waals surface area contributed by atoms with Crippen molar-refractivity contribution in [2.24, 2.45) is 0 Å². The summed E-state index contributed by atoms with van der Waals surface area (Å²) >= 11 is 0. The minimum Gasteiger partial charge on any atom is -0.394 e. The summed E-state index contributed by atoms with van der Waals surface area (Å²) in [6, 6.07) is 0. The van der Waals surface area contributed by atoms with E-state index < -0.39 is 43.9 Å². The number of ether oxygens (including phenoxy) is 3. The van der Waals surface area contributed by atoms with Gasteiger partial charge in [-0.05, 0) is 6.92 Å². The lowest BCUT2D eigenvalue weighted by molar-refractivity contribution is -0.244. The molecule has 0 heterocycles. The Labute approximate surface area is 112 Å². The van der Waals surface area contributed by atoms with Crippen LogP contribution in [0.1, 0.15) is 6.92 Å². The summed E-state index contributed by atoms with van der Waals surface area (Å²) in [4.78, 5) is 0. The number of aliphatic hydroxyl groups excluding tert-OH is 5. The average Bonchev–Trinajstić information content (AvgIpc) is 2.42. The summed E-state index contributed by atoms with van der Waals surface area (Å²) in [6.07, 6.45) is -5.15. The van der Waals surface area contributed by atoms with Crippen molar-refractivity contribution in [2.75, 3.05) is 33.5 Å². The summed E-state index contributed by atoms with van der Waals surface area (Å²) in [5, 5.41) is 45.4. The van der Waals surface area contributed by atoms with Crippen LogP contribution < -0.4 is 0 Å². The van der Waals surface area contributed by atoms with Gasteiger partial charge in [0.25, 0.3) is 0 Å². The van der Waals surface area contributed by atoms with Gasteiger partial charge in [-0.1, -0.05) is 0 Å². The highest BCUT2D eigenvalue weighted by Crippen LogP contribution is 2.13. The molecule has 0 bridgehead atoms. The Balaban J connectivity index is 4.53. The van der Waals surface area contributed by atoms with Gasteiger partial charge in [0.05, 0.1) is 32.5 Å². The topological polar surface area (TPSA) is 129 Å². The van der Waals surface area contributed by atoms with Crippen LogP contribution in [0.25, 0.3) is 0 Å². The zero-order valence-corrected chi connectivity index (χ0v) is 11.2. The number of aliphatic hydroxyl groups is 5. The van der Waals surface area contributed by atoms with Crippen molar-refractivity contribution in [3.63, 3.8) is 0 Å². The van der Waals surface area contributed by atoms with E-state index in [4.69, 9.17) is 29.5 Å². The highest BCUT2D eigenvalue weighted by atomic mass is 16.7. The fourth-order valence-electron chi connectivity index (χ4n) is 1.55. The van der Waals surface area contributed by atoms with Crippen LogP contribution in [-0.4, -0.2) is 89.8 Å². The van der Waals surface area contributed by atoms with Gasteiger partial charge in [-0.2, -0.15) is 0 Å². The zero-order valence-electron chi connectivity index (χ0n) is 11.2. The van der Waals surface area contributed by atoms with E-state index in [-0.39, 0.29) is 13.2 Å². The first kappa shape index (κ1) is 18.7. The van der Waals surface area contributed by atoms with E-state index in [1.807, 2.05) is 0 Å². The van der Waals surface area contributed by atoms with Crippen LogP contribution in [0.3, 0.4) is 0 Å². The standard InChI is InChI=1S/C11H24O8/c1-7(10(17-2)8(15)5-13)19-11(9(16)6-14)18-4-3-12/h7-16H,3-6H2,1-2H3/t7-,8?,9+,10-,11+/m1/s1. The maximum absolute atomic E-state index is 9.53. The van der Waals surface area contributed by atoms with Gasteiger partial charge in [0.1, 0.15) is 18.3 Å². The third-order valence-corrected chi connectivity index (χ3v) is 2.52. The maximum atomic E-state index is 9.53. The van der Waals surface area contributed by atoms with E-state index >= 15 is 0 Å². The smallest absolute Gasteiger partial charge is 0.186 e. The summed E-state index contributed by atoms with van der Waals surface area (Å²) in [5.74, 6) is 0. The first-order chi connectivity index (χ1) is 9.01. The van der Waals surface area contributed by atoms with Gasteiger partial charge < -0.3 is 39.7 Å². The molecule has 0 aromatic heterocycles. The molecule has 8 heteroatoms. The Morgan fingerprint density at radius 2 is 1.58 bits per heavy atom. The fraction of sp³-hybridized carbons (Fsp3) is 1.00. The van der Waals surface area contributed by atoms with Gasteiger partial charge in [0, 0.05) is 7.11 Å². The van der Waals surface area contributed by atoms with Crippen LogP contribution in [0, 0.1) is 0 Å². The predicted molar refractivity (Wildman–Crippen MR) is 64.4 cm³/mol. The largest absolute Gasteiger partial charge is 0.394 e. The molecule has 0 spiro atoms. The molecule has 0 saturated carbocycles. The van der Waals surface area contributed by atoms with E-state index in [1.54, 1.807) is 6.92 Å². The zero-order chi connectivity index (χ0) is 14.8. The molecule has 0 saturated heterocycles. The van der Waals surface area contributed by atoms with Crippen molar-refractivity contribution in [1.82, 2.24) is 0 Å². The van der Waals surface area contributed by atoms with Gasteiger partial charge in [-0.3, -0.25) is 0 Å². The molecule has 0 rings (SSSR count). The molecule has 8 nitrogen and oxygen atoms in total. The summed E-state index contributed by atoms with van der Waals surface area (Å²) in [6.45, 7) is 0.139. The van der Waals surface area contributed by atoms with Gasteiger partial charge in [0.15, 0.2) is 6.29 Å². The molecule has 19 heavy (non-hydrogen) atoms. The van der Waals surface area contributed by atoms with E-state index in [2.05, 4.69) is 0 Å². The second kappa shape index (κ2) is 10.5. The molecule has 5 atom stereocenters. The van der Waals surface area contributed by atoms with Gasteiger partial charge in [0.2, 0.25) is 0 Å². The number of hydrogen-bond donors (Lipinski definition) is 5. The molecule has 0 radical (unpaired) electrons. The van der Waals surface area contributed by atoms with Crippen molar-refractivity contribution in [3.05, 3.63) is 0 Å². The molecule has 0 aromatic carbocycles. The number of methoxy groups -OCH3 is 1. The normalized spacial score (nSPS) is 19.7. The Hall–Kier alpha value is -0.320. The van der Waals surface area contributed by atoms with Crippen LogP contribution >= 0.6 is 0 Å². The first-order valence-electron chi connectivity index (χ1n) is 6.00. The SMILES string of the molecule is CO[C@@H](C(O)CO)[C@@H](C)O[C@H](OCCO)[C@@H](O)CO. The van der Waals surface area contributed by atoms with Crippen molar-refractivity contribution < 1.29 is 39.7 Å². The monoisotopic (exact) mass is 284 g/mol. The van der Waals surface area contributed by atoms with Gasteiger partial charge >= 0.3 is 0 Å². The fourth-order valence-corrected chi connectivity index (χ4v) is 1.55. The third-order valence-electron chi connectivity index (χ3n) is 2.52. The Morgan fingerprint density at radius 3 is 2.00 bits per heavy atom. The van der Waals surface area contributed by atoms with Crippen molar-refractivity contribution in [3.8, 4) is 0 Å². The van der Waals surface area contributed by atoms with E-state index in [0.717, 1.165) is 0 Å². The van der Waals surface area contributed by atoms with E-state index in [9.17, 15) is 10.2 Å². The molecular weight excluding hydrogens is 260 g/mol. The van der Waals surface area contributed by atoms with Crippen LogP contribution in [0.2, 0.25) is 0 Å².